The van der Waals surface area contributed by atoms with Gasteiger partial charge < -0.3 is 24.6 Å². The molecule has 3 aromatic rings. The van der Waals surface area contributed by atoms with Crippen molar-refractivity contribution in [2.75, 3.05) is 32.1 Å². The van der Waals surface area contributed by atoms with Crippen LogP contribution in [0.4, 0.5) is 10.1 Å². The first kappa shape index (κ1) is 26.8. The van der Waals surface area contributed by atoms with Gasteiger partial charge in [0.15, 0.2) is 0 Å². The third-order valence-electron chi connectivity index (χ3n) is 8.10. The maximum atomic E-state index is 14.6. The largest absolute Gasteiger partial charge is 0.383 e. The van der Waals surface area contributed by atoms with Crippen LogP contribution >= 0.6 is 0 Å². The first-order chi connectivity index (χ1) is 18.1. The molecule has 1 fully saturated rings. The Kier molecular flexibility index (Phi) is 7.33. The molecule has 0 bridgehead atoms. The molecule has 204 valence electrons. The molecule has 2 heterocycles. The number of fused-ring (bicyclic) bond motifs is 2. The lowest BCUT2D eigenvalue weighted by atomic mass is 9.97. The minimum Gasteiger partial charge on any atom is -0.383 e. The minimum absolute atomic E-state index is 0.0317. The molecule has 1 aliphatic carbocycles. The van der Waals surface area contributed by atoms with Crippen molar-refractivity contribution in [3.63, 3.8) is 0 Å². The molecule has 2 aromatic carbocycles. The topological polar surface area (TPSA) is 79.6 Å². The molecule has 0 saturated carbocycles. The Balaban J connectivity index is 1.32. The van der Waals surface area contributed by atoms with E-state index in [4.69, 9.17) is 9.72 Å². The number of halogens is 1. The summed E-state index contributed by atoms with van der Waals surface area (Å²) in [6.07, 6.45) is 3.19. The fourth-order valence-electron chi connectivity index (χ4n) is 6.18. The first-order valence-electron chi connectivity index (χ1n) is 13.6. The van der Waals surface area contributed by atoms with Crippen molar-refractivity contribution < 1.29 is 19.0 Å². The summed E-state index contributed by atoms with van der Waals surface area (Å²) >= 11 is 0. The summed E-state index contributed by atoms with van der Waals surface area (Å²) in [6, 6.07) is 9.50. The van der Waals surface area contributed by atoms with E-state index in [9.17, 15) is 14.3 Å². The number of hydrogen-bond donors (Lipinski definition) is 2. The average Bonchev–Trinajstić information content (AvgIpc) is 3.44. The zero-order valence-electron chi connectivity index (χ0n) is 23.1. The Morgan fingerprint density at radius 1 is 1.24 bits per heavy atom. The van der Waals surface area contributed by atoms with Gasteiger partial charge in [-0.05, 0) is 80.8 Å². The van der Waals surface area contributed by atoms with Crippen molar-refractivity contribution in [3.8, 4) is 0 Å². The highest BCUT2D eigenvalue weighted by atomic mass is 19.1. The maximum absolute atomic E-state index is 14.6. The highest BCUT2D eigenvalue weighted by Crippen LogP contribution is 2.36. The summed E-state index contributed by atoms with van der Waals surface area (Å²) in [7, 11) is 1.73. The number of imidazole rings is 1. The Bertz CT molecular complexity index is 1350. The molecule has 38 heavy (non-hydrogen) atoms. The van der Waals surface area contributed by atoms with Crippen LogP contribution in [0.15, 0.2) is 30.3 Å². The quantitative estimate of drug-likeness (QED) is 0.469. The highest BCUT2D eigenvalue weighted by molar-refractivity contribution is 5.90. The van der Waals surface area contributed by atoms with Crippen LogP contribution in [0.3, 0.4) is 0 Å². The molecule has 1 amide bonds. The summed E-state index contributed by atoms with van der Waals surface area (Å²) in [4.78, 5) is 19.0. The predicted molar refractivity (Wildman–Crippen MR) is 147 cm³/mol. The Morgan fingerprint density at radius 2 is 2.00 bits per heavy atom. The Labute approximate surface area is 224 Å². The third-order valence-corrected chi connectivity index (χ3v) is 8.10. The van der Waals surface area contributed by atoms with Gasteiger partial charge >= 0.3 is 0 Å². The van der Waals surface area contributed by atoms with E-state index in [0.717, 1.165) is 44.6 Å². The SMILES string of the molecule is CCC(=O)Nc1ccc2c(c1)CC(CN1CC[C@@H](n3c(C(C)(C)O)nc4cc(C)c(F)cc43)[C@H](OC)C1)C2. The molecular formula is C30H39FN4O3. The van der Waals surface area contributed by atoms with E-state index in [1.165, 1.54) is 11.1 Å². The van der Waals surface area contributed by atoms with Gasteiger partial charge in [0.05, 0.1) is 23.2 Å². The van der Waals surface area contributed by atoms with Crippen LogP contribution in [0, 0.1) is 18.7 Å². The van der Waals surface area contributed by atoms with Gasteiger partial charge in [-0.3, -0.25) is 4.79 Å². The number of ether oxygens (including phenoxy) is 1. The van der Waals surface area contributed by atoms with Crippen LogP contribution in [0.5, 0.6) is 0 Å². The van der Waals surface area contributed by atoms with E-state index >= 15 is 0 Å². The van der Waals surface area contributed by atoms with Crippen LogP contribution in [0.1, 0.15) is 62.2 Å². The summed E-state index contributed by atoms with van der Waals surface area (Å²) in [6.45, 7) is 9.64. The van der Waals surface area contributed by atoms with Gasteiger partial charge in [-0.15, -0.1) is 0 Å². The van der Waals surface area contributed by atoms with E-state index < -0.39 is 5.60 Å². The Morgan fingerprint density at radius 3 is 2.71 bits per heavy atom. The van der Waals surface area contributed by atoms with Gasteiger partial charge in [-0.1, -0.05) is 13.0 Å². The zero-order valence-corrected chi connectivity index (χ0v) is 23.1. The molecule has 1 aliphatic heterocycles. The zero-order chi connectivity index (χ0) is 27.2. The van der Waals surface area contributed by atoms with Gasteiger partial charge in [-0.25, -0.2) is 9.37 Å². The average molecular weight is 523 g/mol. The lowest BCUT2D eigenvalue weighted by Gasteiger charge is -2.40. The van der Waals surface area contributed by atoms with Gasteiger partial charge in [-0.2, -0.15) is 0 Å². The van der Waals surface area contributed by atoms with Crippen LogP contribution in [-0.4, -0.2) is 58.3 Å². The number of aliphatic hydroxyl groups is 1. The second-order valence-corrected chi connectivity index (χ2v) is 11.5. The number of amides is 1. The van der Waals surface area contributed by atoms with Crippen LogP contribution in [0.25, 0.3) is 11.0 Å². The minimum atomic E-state index is -1.18. The molecule has 1 aromatic heterocycles. The van der Waals surface area contributed by atoms with Crippen molar-refractivity contribution in [3.05, 3.63) is 58.7 Å². The number of piperidine rings is 1. The van der Waals surface area contributed by atoms with E-state index in [1.807, 2.05) is 17.6 Å². The number of aryl methyl sites for hydroxylation is 1. The second kappa shape index (κ2) is 10.4. The summed E-state index contributed by atoms with van der Waals surface area (Å²) in [5, 5.41) is 13.9. The van der Waals surface area contributed by atoms with E-state index in [-0.39, 0.29) is 23.9 Å². The van der Waals surface area contributed by atoms with Crippen LogP contribution < -0.4 is 5.32 Å². The molecule has 0 radical (unpaired) electrons. The fraction of sp³-hybridized carbons (Fsp3) is 0.533. The van der Waals surface area contributed by atoms with Gasteiger partial charge in [0.25, 0.3) is 0 Å². The number of nitrogens with one attached hydrogen (secondary N) is 1. The molecule has 2 aliphatic rings. The molecule has 1 unspecified atom stereocenters. The standard InChI is InChI=1S/C30H39FN4O3/c1-6-28(36)32-22-8-7-20-12-19(13-21(20)14-22)16-34-10-9-25(27(17-34)38-5)35-26-15-23(31)18(2)11-24(26)33-29(35)30(3,4)37/h7-8,11,14-15,19,25,27,37H,6,9-10,12-13,16-17H2,1-5H3,(H,32,36)/t19?,25-,27-/m1/s1. The number of rotatable bonds is 7. The molecule has 5 rings (SSSR count). The van der Waals surface area contributed by atoms with E-state index in [1.54, 1.807) is 40.0 Å². The van der Waals surface area contributed by atoms with E-state index in [2.05, 4.69) is 22.3 Å². The molecule has 0 spiro atoms. The van der Waals surface area contributed by atoms with Crippen molar-refractivity contribution in [2.45, 2.75) is 71.1 Å². The lowest BCUT2D eigenvalue weighted by Crippen LogP contribution is -2.47. The fourth-order valence-corrected chi connectivity index (χ4v) is 6.18. The van der Waals surface area contributed by atoms with Gasteiger partial charge in [0.2, 0.25) is 5.91 Å². The lowest BCUT2D eigenvalue weighted by molar-refractivity contribution is -0.115. The van der Waals surface area contributed by atoms with E-state index in [0.29, 0.717) is 34.8 Å². The number of likely N-dealkylation sites (tertiary alicyclic amines) is 1. The maximum Gasteiger partial charge on any atom is 0.224 e. The van der Waals surface area contributed by atoms with Crippen molar-refractivity contribution in [1.82, 2.24) is 14.5 Å². The number of nitrogens with zero attached hydrogens (tertiary/aromatic N) is 3. The molecule has 7 nitrogen and oxygen atoms in total. The smallest absolute Gasteiger partial charge is 0.224 e. The molecule has 8 heteroatoms. The van der Waals surface area contributed by atoms with Crippen LogP contribution in [0.2, 0.25) is 0 Å². The first-order valence-corrected chi connectivity index (χ1v) is 13.6. The van der Waals surface area contributed by atoms with Gasteiger partial charge in [0, 0.05) is 44.9 Å². The van der Waals surface area contributed by atoms with Crippen molar-refractivity contribution in [2.24, 2.45) is 5.92 Å². The number of methoxy groups -OCH3 is 1. The second-order valence-electron chi connectivity index (χ2n) is 11.5. The normalized spacial score (nSPS) is 22.1. The molecular weight excluding hydrogens is 483 g/mol. The van der Waals surface area contributed by atoms with Crippen LogP contribution in [-0.2, 0) is 28.0 Å². The molecule has 3 atom stereocenters. The third kappa shape index (κ3) is 5.22. The number of carbonyl (C=O) groups is 1. The highest BCUT2D eigenvalue weighted by Gasteiger charge is 2.37. The molecule has 1 saturated heterocycles. The summed E-state index contributed by atoms with van der Waals surface area (Å²) in [5.74, 6) is 0.805. The van der Waals surface area contributed by atoms with Crippen molar-refractivity contribution >= 4 is 22.6 Å². The monoisotopic (exact) mass is 522 g/mol. The molecule has 2 N–H and O–H groups in total. The number of carbonyl (C=O) groups excluding carboxylic acids is 1. The number of aromatic nitrogens is 2. The van der Waals surface area contributed by atoms with Gasteiger partial charge in [0.1, 0.15) is 17.2 Å². The summed E-state index contributed by atoms with van der Waals surface area (Å²) < 4.78 is 22.7. The predicted octanol–water partition coefficient (Wildman–Crippen LogP) is 4.74. The number of hydrogen-bond acceptors (Lipinski definition) is 5. The summed E-state index contributed by atoms with van der Waals surface area (Å²) in [5.41, 5.74) is 4.31. The number of benzene rings is 2. The Hall–Kier alpha value is -2.81. The number of anilines is 1. The van der Waals surface area contributed by atoms with Crippen molar-refractivity contribution in [1.29, 1.82) is 0 Å².